The Morgan fingerprint density at radius 1 is 1.14 bits per heavy atom. The van der Waals surface area contributed by atoms with Gasteiger partial charge >= 0.3 is 5.97 Å². The van der Waals surface area contributed by atoms with Crippen LogP contribution in [-0.4, -0.2) is 5.97 Å². The van der Waals surface area contributed by atoms with Crippen molar-refractivity contribution in [2.45, 2.75) is 19.6 Å². The van der Waals surface area contributed by atoms with Crippen LogP contribution in [-0.2, 0) is 16.1 Å². The van der Waals surface area contributed by atoms with Gasteiger partial charge in [-0.15, -0.1) is 0 Å². The summed E-state index contributed by atoms with van der Waals surface area (Å²) in [4.78, 5) is 12.0. The molecule has 110 valence electrons. The van der Waals surface area contributed by atoms with Crippen LogP contribution in [0.3, 0.4) is 0 Å². The number of nitrogens with two attached hydrogens (primary N) is 1. The Morgan fingerprint density at radius 2 is 1.76 bits per heavy atom. The largest absolute Gasteiger partial charge is 0.461 e. The lowest BCUT2D eigenvalue weighted by molar-refractivity contribution is -0.150. The van der Waals surface area contributed by atoms with E-state index in [2.05, 4.69) is 0 Å². The highest BCUT2D eigenvalue weighted by molar-refractivity contribution is 5.73. The monoisotopic (exact) mass is 287 g/mol. The number of esters is 1. The number of ether oxygens (including phenoxy) is 1. The summed E-state index contributed by atoms with van der Waals surface area (Å²) in [6, 6.07) is 14.8. The van der Waals surface area contributed by atoms with E-state index in [0.717, 1.165) is 5.56 Å². The average Bonchev–Trinajstić information content (AvgIpc) is 2.52. The third-order valence-electron chi connectivity index (χ3n) is 3.40. The lowest BCUT2D eigenvalue weighted by Crippen LogP contribution is -2.28. The molecule has 0 fully saturated rings. The van der Waals surface area contributed by atoms with Crippen LogP contribution in [0.25, 0.3) is 0 Å². The van der Waals surface area contributed by atoms with Crippen LogP contribution < -0.4 is 5.73 Å². The summed E-state index contributed by atoms with van der Waals surface area (Å²) in [5.74, 6) is -1.46. The highest BCUT2D eigenvalue weighted by Gasteiger charge is 2.25. The Labute approximate surface area is 123 Å². The normalized spacial score (nSPS) is 13.5. The fourth-order valence-electron chi connectivity index (χ4n) is 2.02. The van der Waals surface area contributed by atoms with Crippen molar-refractivity contribution in [2.75, 3.05) is 0 Å². The molecular weight excluding hydrogens is 269 g/mol. The van der Waals surface area contributed by atoms with Gasteiger partial charge in [0.05, 0.1) is 5.92 Å². The van der Waals surface area contributed by atoms with Gasteiger partial charge in [-0.05, 0) is 11.6 Å². The fraction of sp³-hybridized carbons (Fsp3) is 0.235. The average molecular weight is 287 g/mol. The molecule has 0 bridgehead atoms. The van der Waals surface area contributed by atoms with E-state index < -0.39 is 23.7 Å². The summed E-state index contributed by atoms with van der Waals surface area (Å²) >= 11 is 0. The first-order chi connectivity index (χ1) is 10.1. The molecule has 0 heterocycles. The van der Waals surface area contributed by atoms with Gasteiger partial charge in [-0.2, -0.15) is 0 Å². The molecule has 0 aliphatic carbocycles. The molecule has 0 amide bonds. The Balaban J connectivity index is 1.97. The Bertz CT molecular complexity index is 601. The van der Waals surface area contributed by atoms with Gasteiger partial charge in [-0.25, -0.2) is 4.39 Å². The highest BCUT2D eigenvalue weighted by atomic mass is 19.1. The van der Waals surface area contributed by atoms with E-state index >= 15 is 0 Å². The molecule has 0 spiro atoms. The third-order valence-corrected chi connectivity index (χ3v) is 3.40. The van der Waals surface area contributed by atoms with Crippen LogP contribution in [0.5, 0.6) is 0 Å². The summed E-state index contributed by atoms with van der Waals surface area (Å²) in [6.07, 6.45) is 0. The van der Waals surface area contributed by atoms with Gasteiger partial charge in [0, 0.05) is 11.6 Å². The molecule has 0 saturated carbocycles. The van der Waals surface area contributed by atoms with Gasteiger partial charge in [0.15, 0.2) is 0 Å². The van der Waals surface area contributed by atoms with E-state index in [4.69, 9.17) is 10.5 Å². The number of hydrogen-bond donors (Lipinski definition) is 1. The molecule has 0 radical (unpaired) electrons. The molecule has 2 N–H and O–H groups in total. The molecule has 2 aromatic carbocycles. The quantitative estimate of drug-likeness (QED) is 0.859. The SMILES string of the molecule is CC(C(=O)OCc1ccccc1)C(N)c1ccccc1F. The number of halogens is 1. The molecule has 2 atom stereocenters. The molecular formula is C17H18FNO2. The molecule has 3 nitrogen and oxygen atoms in total. The second kappa shape index (κ2) is 6.99. The van der Waals surface area contributed by atoms with Crippen LogP contribution in [0.2, 0.25) is 0 Å². The zero-order chi connectivity index (χ0) is 15.2. The maximum Gasteiger partial charge on any atom is 0.310 e. The maximum absolute atomic E-state index is 13.7. The van der Waals surface area contributed by atoms with E-state index in [1.54, 1.807) is 25.1 Å². The van der Waals surface area contributed by atoms with Crippen LogP contribution in [0.15, 0.2) is 54.6 Å². The molecule has 4 heteroatoms. The zero-order valence-electron chi connectivity index (χ0n) is 11.8. The van der Waals surface area contributed by atoms with Crippen LogP contribution >= 0.6 is 0 Å². The smallest absolute Gasteiger partial charge is 0.310 e. The predicted molar refractivity (Wildman–Crippen MR) is 78.7 cm³/mol. The maximum atomic E-state index is 13.7. The lowest BCUT2D eigenvalue weighted by atomic mass is 9.95. The number of hydrogen-bond acceptors (Lipinski definition) is 3. The minimum atomic E-state index is -0.727. The molecule has 0 aliphatic rings. The van der Waals surface area contributed by atoms with Crippen LogP contribution in [0.1, 0.15) is 24.1 Å². The summed E-state index contributed by atoms with van der Waals surface area (Å²) in [7, 11) is 0. The van der Waals surface area contributed by atoms with Crippen molar-refractivity contribution in [1.29, 1.82) is 0 Å². The first-order valence-corrected chi connectivity index (χ1v) is 6.80. The molecule has 0 aliphatic heterocycles. The van der Waals surface area contributed by atoms with E-state index in [1.165, 1.54) is 6.07 Å². The second-order valence-electron chi connectivity index (χ2n) is 4.93. The summed E-state index contributed by atoms with van der Waals surface area (Å²) in [5.41, 5.74) is 7.19. The van der Waals surface area contributed by atoms with Crippen LogP contribution in [0.4, 0.5) is 4.39 Å². The van der Waals surface area contributed by atoms with E-state index in [1.807, 2.05) is 30.3 Å². The lowest BCUT2D eigenvalue weighted by Gasteiger charge is -2.19. The van der Waals surface area contributed by atoms with Crippen molar-refractivity contribution in [3.05, 3.63) is 71.5 Å². The minimum absolute atomic E-state index is 0.188. The Morgan fingerprint density at radius 3 is 2.43 bits per heavy atom. The number of benzene rings is 2. The van der Waals surface area contributed by atoms with Crippen molar-refractivity contribution in [2.24, 2.45) is 11.7 Å². The summed E-state index contributed by atoms with van der Waals surface area (Å²) in [5, 5.41) is 0. The van der Waals surface area contributed by atoms with Gasteiger partial charge < -0.3 is 10.5 Å². The topological polar surface area (TPSA) is 52.3 Å². The van der Waals surface area contributed by atoms with Gasteiger partial charge in [0.25, 0.3) is 0 Å². The molecule has 2 aromatic rings. The van der Waals surface area contributed by atoms with Crippen LogP contribution in [0, 0.1) is 11.7 Å². The van der Waals surface area contributed by atoms with E-state index in [0.29, 0.717) is 5.56 Å². The van der Waals surface area contributed by atoms with Gasteiger partial charge in [-0.3, -0.25) is 4.79 Å². The molecule has 0 aromatic heterocycles. The minimum Gasteiger partial charge on any atom is -0.461 e. The third kappa shape index (κ3) is 3.89. The molecule has 2 unspecified atom stereocenters. The van der Waals surface area contributed by atoms with Crippen molar-refractivity contribution < 1.29 is 13.9 Å². The molecule has 21 heavy (non-hydrogen) atoms. The first-order valence-electron chi connectivity index (χ1n) is 6.80. The summed E-state index contributed by atoms with van der Waals surface area (Å²) < 4.78 is 18.9. The zero-order valence-corrected chi connectivity index (χ0v) is 11.8. The van der Waals surface area contributed by atoms with Gasteiger partial charge in [-0.1, -0.05) is 55.5 Å². The number of rotatable bonds is 5. The standard InChI is InChI=1S/C17H18FNO2/c1-12(16(19)14-9-5-6-10-15(14)18)17(20)21-11-13-7-3-2-4-8-13/h2-10,12,16H,11,19H2,1H3. The Kier molecular flexibility index (Phi) is 5.06. The van der Waals surface area contributed by atoms with Crippen molar-refractivity contribution in [3.63, 3.8) is 0 Å². The van der Waals surface area contributed by atoms with Crippen molar-refractivity contribution in [1.82, 2.24) is 0 Å². The van der Waals surface area contributed by atoms with Crippen molar-refractivity contribution >= 4 is 5.97 Å². The summed E-state index contributed by atoms with van der Waals surface area (Å²) in [6.45, 7) is 1.83. The van der Waals surface area contributed by atoms with E-state index in [-0.39, 0.29) is 6.61 Å². The van der Waals surface area contributed by atoms with E-state index in [9.17, 15) is 9.18 Å². The molecule has 0 saturated heterocycles. The second-order valence-corrected chi connectivity index (χ2v) is 4.93. The first kappa shape index (κ1) is 15.2. The highest BCUT2D eigenvalue weighted by Crippen LogP contribution is 2.23. The van der Waals surface area contributed by atoms with Gasteiger partial charge in [0.2, 0.25) is 0 Å². The molecule has 2 rings (SSSR count). The number of carbonyl (C=O) groups excluding carboxylic acids is 1. The van der Waals surface area contributed by atoms with Crippen molar-refractivity contribution in [3.8, 4) is 0 Å². The predicted octanol–water partition coefficient (Wildman–Crippen LogP) is 3.21. The fourth-order valence-corrected chi connectivity index (χ4v) is 2.02. The Hall–Kier alpha value is -2.20. The van der Waals surface area contributed by atoms with Gasteiger partial charge in [0.1, 0.15) is 12.4 Å². The number of carbonyl (C=O) groups is 1.